The van der Waals surface area contributed by atoms with Crippen molar-refractivity contribution in [2.24, 2.45) is 52.3 Å². The largest absolute Gasteiger partial charge is 0.481 e. The van der Waals surface area contributed by atoms with Gasteiger partial charge in [0, 0.05) is 62.3 Å². The second-order valence-electron chi connectivity index (χ2n) is 34.8. The van der Waals surface area contributed by atoms with E-state index in [4.69, 9.17) is 28.7 Å². The maximum atomic E-state index is 15.1. The van der Waals surface area contributed by atoms with Crippen LogP contribution in [-0.4, -0.2) is 288 Å². The van der Waals surface area contributed by atoms with Gasteiger partial charge in [-0.25, -0.2) is 14.8 Å². The van der Waals surface area contributed by atoms with Gasteiger partial charge >= 0.3 is 17.9 Å². The molecule has 2 heterocycles. The molecule has 0 saturated heterocycles. The average molecular weight is 1960 g/mol. The SMILES string of the molecule is CC(C)CC(NC(=O)C(CCCCN)NC(=O)C(CCC(N)=O)NC(=O)C(Cc1cnc[nH]1)NC(=O)C(Cc1cnc[nH]1)NC(=O)C(N)C(C)C)C(=O)NC(C(=O)NC(Cc1ccccc1)C(=O)NC(Cc1ccccc1)C(=O)NC(C)C(=O)NC(CCC(=O)O)C(=O)NC(CC(=O)O)C(=O)NC(C(=O)NCC(=O)NC(CO)C(=O)NC(CC(N)=O)C(=O)NC(CCCCN)C(=O)O)C(C)C)C(C)C. The number of rotatable bonds is 65. The second-order valence-corrected chi connectivity index (χ2v) is 34.8. The number of carboxylic acid groups (broad SMARTS) is 3. The molecule has 0 aliphatic heterocycles. The molecule has 4 aromatic rings. The van der Waals surface area contributed by atoms with Crippen LogP contribution in [0.2, 0.25) is 0 Å². The molecule has 50 heteroatoms. The lowest BCUT2D eigenvalue weighted by molar-refractivity contribution is -0.143. The second kappa shape index (κ2) is 60.2. The number of amides is 18. The molecular weight excluding hydrogens is 1820 g/mol. The highest BCUT2D eigenvalue weighted by atomic mass is 16.4. The predicted octanol–water partition coefficient (Wildman–Crippen LogP) is -7.03. The normalized spacial score (nSPS) is 14.7. The number of hydrogen-bond donors (Lipinski definition) is 27. The first-order chi connectivity index (χ1) is 65.6. The van der Waals surface area contributed by atoms with Crippen molar-refractivity contribution in [2.75, 3.05) is 26.2 Å². The van der Waals surface area contributed by atoms with Crippen LogP contribution in [0.5, 0.6) is 0 Å². The van der Waals surface area contributed by atoms with Gasteiger partial charge in [0.1, 0.15) is 90.6 Å². The number of aromatic nitrogens is 4. The number of carbonyl (C=O) groups is 21. The molecule has 0 aliphatic carbocycles. The van der Waals surface area contributed by atoms with Crippen molar-refractivity contribution in [3.05, 3.63) is 108 Å². The van der Waals surface area contributed by atoms with Crippen LogP contribution < -0.4 is 114 Å². The molecule has 4 rings (SSSR count). The number of carbonyl (C=O) groups excluding carboxylic acids is 18. The minimum absolute atomic E-state index is 0.0755. The summed E-state index contributed by atoms with van der Waals surface area (Å²) in [5, 5.41) is 78.6. The van der Waals surface area contributed by atoms with Gasteiger partial charge in [0.25, 0.3) is 0 Å². The van der Waals surface area contributed by atoms with E-state index in [0.29, 0.717) is 35.4 Å². The molecule has 2 aromatic carbocycles. The number of H-pyrrole nitrogens is 2. The van der Waals surface area contributed by atoms with E-state index < -0.39 is 284 Å². The fourth-order valence-corrected chi connectivity index (χ4v) is 13.9. The van der Waals surface area contributed by atoms with Gasteiger partial charge in [0.15, 0.2) is 0 Å². The van der Waals surface area contributed by atoms with Crippen LogP contribution in [0.15, 0.2) is 85.7 Å². The minimum Gasteiger partial charge on any atom is -0.481 e. The highest BCUT2D eigenvalue weighted by Crippen LogP contribution is 2.17. The van der Waals surface area contributed by atoms with Crippen LogP contribution in [0.4, 0.5) is 0 Å². The first-order valence-electron chi connectivity index (χ1n) is 45.5. The number of nitrogens with zero attached hydrogens (tertiary/aromatic N) is 2. The van der Waals surface area contributed by atoms with Gasteiger partial charge in [-0.2, -0.15) is 0 Å². The average Bonchev–Trinajstić information content (AvgIpc) is 1.56. The topological polar surface area (TPSA) is 819 Å². The number of nitrogens with one attached hydrogen (secondary N) is 18. The monoisotopic (exact) mass is 1950 g/mol. The summed E-state index contributed by atoms with van der Waals surface area (Å²) < 4.78 is 0. The maximum absolute atomic E-state index is 15.1. The minimum atomic E-state index is -2.10. The number of carboxylic acids is 3. The van der Waals surface area contributed by atoms with E-state index in [-0.39, 0.29) is 82.7 Å². The Kier molecular flexibility index (Phi) is 50.6. The zero-order valence-electron chi connectivity index (χ0n) is 79.1. The number of nitrogens with two attached hydrogens (primary N) is 5. The smallest absolute Gasteiger partial charge is 0.326 e. The summed E-state index contributed by atoms with van der Waals surface area (Å²) >= 11 is 0. The fourth-order valence-electron chi connectivity index (χ4n) is 13.9. The van der Waals surface area contributed by atoms with E-state index >= 15 is 4.79 Å². The first-order valence-corrected chi connectivity index (χ1v) is 45.5. The molecule has 16 unspecified atom stereocenters. The summed E-state index contributed by atoms with van der Waals surface area (Å²) in [4.78, 5) is 301. The highest BCUT2D eigenvalue weighted by Gasteiger charge is 2.41. The molecule has 18 amide bonds. The number of hydrogen-bond acceptors (Lipinski definition) is 27. The zero-order valence-corrected chi connectivity index (χ0v) is 79.1. The highest BCUT2D eigenvalue weighted by molar-refractivity contribution is 6.02. The summed E-state index contributed by atoms with van der Waals surface area (Å²) in [5.74, 6) is -25.9. The summed E-state index contributed by atoms with van der Waals surface area (Å²) in [5.41, 5.74) is 30.0. The van der Waals surface area contributed by atoms with Crippen LogP contribution in [0, 0.1) is 23.7 Å². The Morgan fingerprint density at radius 2 is 0.719 bits per heavy atom. The maximum Gasteiger partial charge on any atom is 0.326 e. The van der Waals surface area contributed by atoms with Crippen LogP contribution in [0.3, 0.4) is 0 Å². The third-order valence-electron chi connectivity index (χ3n) is 21.7. The Hall–Kier alpha value is -14.4. The molecule has 0 aliphatic rings. The van der Waals surface area contributed by atoms with Crippen LogP contribution in [0.1, 0.15) is 168 Å². The molecule has 0 spiro atoms. The van der Waals surface area contributed by atoms with E-state index in [1.807, 2.05) is 0 Å². The van der Waals surface area contributed by atoms with Gasteiger partial charge in [0.05, 0.1) is 44.7 Å². The van der Waals surface area contributed by atoms with Gasteiger partial charge in [0.2, 0.25) is 106 Å². The van der Waals surface area contributed by atoms with Crippen LogP contribution in [0.25, 0.3) is 0 Å². The molecule has 0 radical (unpaired) electrons. The Labute approximate surface area is 801 Å². The Morgan fingerprint density at radius 1 is 0.353 bits per heavy atom. The first kappa shape index (κ1) is 117. The van der Waals surface area contributed by atoms with Gasteiger partial charge in [-0.15, -0.1) is 0 Å². The number of aliphatic carboxylic acids is 3. The summed E-state index contributed by atoms with van der Waals surface area (Å²) in [6.07, 6.45) is 0.945. The lowest BCUT2D eigenvalue weighted by Crippen LogP contribution is -2.62. The van der Waals surface area contributed by atoms with Crippen molar-refractivity contribution in [1.82, 2.24) is 105 Å². The molecule has 0 fully saturated rings. The summed E-state index contributed by atoms with van der Waals surface area (Å²) in [6.45, 7) is 12.2. The fraction of sp³-hybridized carbons (Fsp3) is 0.562. The number of imidazole rings is 2. The molecule has 32 N–H and O–H groups in total. The van der Waals surface area contributed by atoms with Crippen molar-refractivity contribution >= 4 is 124 Å². The number of aliphatic hydroxyl groups excluding tert-OH is 1. The van der Waals surface area contributed by atoms with E-state index in [9.17, 15) is 116 Å². The van der Waals surface area contributed by atoms with Gasteiger partial charge < -0.3 is 144 Å². The number of unbranched alkanes of at least 4 members (excludes halogenated alkanes) is 2. The lowest BCUT2D eigenvalue weighted by Gasteiger charge is -2.30. The number of aliphatic hydroxyl groups is 1. The van der Waals surface area contributed by atoms with Gasteiger partial charge in [-0.1, -0.05) is 116 Å². The molecular formula is C89H135N25O25. The van der Waals surface area contributed by atoms with E-state index in [0.717, 1.165) is 6.92 Å². The van der Waals surface area contributed by atoms with Crippen LogP contribution >= 0.6 is 0 Å². The molecule has 16 atom stereocenters. The molecule has 0 bridgehead atoms. The van der Waals surface area contributed by atoms with E-state index in [2.05, 4.69) is 105 Å². The Bertz CT molecular complexity index is 4780. The van der Waals surface area contributed by atoms with Crippen LogP contribution in [-0.2, 0) is 126 Å². The van der Waals surface area contributed by atoms with E-state index in [1.165, 1.54) is 38.9 Å². The standard InChI is InChI=1S/C89H135N25O25/c1-45(2)32-58(106-75(124)54(24-16-18-30-90)103-76(125)55(26-28-66(92)116)104-80(129)61(35-52-39-95-43-98-52)108-81(130)62(36-53-40-96-44-99-53)111-86(135)71(94)46(3)4)83(132)114-73(48(7)8)88(137)112-60(34-51-22-14-11-15-23-51)79(128)107-59(33-50-20-12-10-13-21-50)78(127)100-49(9)74(123)102-56(27-29-69(119)120)77(126)110-64(38-70(121)122)84(133)113-72(47(5)6)87(136)97-41-68(118)101-65(42-115)85(134)109-63(37-67(93)117)82(131)105-57(89(138)139)25-17-19-31-91/h10-15,20-23,39-40,43-49,54-65,71-73,115H,16-19,24-38,41-42,90-91,94H2,1-9H3,(H2,92,116)(H2,93,117)(H,95,98)(H,96,99)(H,97,136)(H,100,127)(H,101,118)(H,102,123)(H,103,125)(H,104,129)(H,105,131)(H,106,124)(H,107,128)(H,108,130)(H,109,134)(H,110,126)(H,111,135)(H,112,137)(H,113,133)(H,114,132)(H,119,120)(H,121,122)(H,138,139). The molecule has 0 saturated carbocycles. The summed E-state index contributed by atoms with van der Waals surface area (Å²) in [6, 6.07) is -9.29. The van der Waals surface area contributed by atoms with Crippen molar-refractivity contribution in [2.45, 2.75) is 268 Å². The number of aromatic amines is 2. The number of benzene rings is 2. The quantitative estimate of drug-likeness (QED) is 0.0183. The number of primary amides is 2. The van der Waals surface area contributed by atoms with Crippen molar-refractivity contribution < 1.29 is 121 Å². The molecule has 2 aromatic heterocycles. The lowest BCUT2D eigenvalue weighted by atomic mass is 9.98. The molecule has 139 heavy (non-hydrogen) atoms. The predicted molar refractivity (Wildman–Crippen MR) is 496 cm³/mol. The third-order valence-corrected chi connectivity index (χ3v) is 21.7. The van der Waals surface area contributed by atoms with Gasteiger partial charge in [-0.05, 0) is 113 Å². The summed E-state index contributed by atoms with van der Waals surface area (Å²) in [7, 11) is 0. The third kappa shape index (κ3) is 42.8. The van der Waals surface area contributed by atoms with Gasteiger partial charge in [-0.3, -0.25) is 95.9 Å². The van der Waals surface area contributed by atoms with E-state index in [1.54, 1.807) is 102 Å². The molecule has 50 nitrogen and oxygen atoms in total. The molecule has 766 valence electrons. The zero-order chi connectivity index (χ0) is 104. The van der Waals surface area contributed by atoms with Crippen molar-refractivity contribution in [3.8, 4) is 0 Å². The Morgan fingerprint density at radius 3 is 1.14 bits per heavy atom. The van der Waals surface area contributed by atoms with Crippen molar-refractivity contribution in [1.29, 1.82) is 0 Å². The Balaban J connectivity index is 1.58. The van der Waals surface area contributed by atoms with Crippen molar-refractivity contribution in [3.63, 3.8) is 0 Å².